The van der Waals surface area contributed by atoms with Crippen molar-refractivity contribution in [1.29, 1.82) is 0 Å². The molecule has 0 radical (unpaired) electrons. The number of hydrogen-bond acceptors (Lipinski definition) is 2. The molecule has 0 saturated heterocycles. The number of benzene rings is 1. The van der Waals surface area contributed by atoms with Gasteiger partial charge >= 0.3 is 0 Å². The third-order valence-corrected chi connectivity index (χ3v) is 3.20. The fourth-order valence-corrected chi connectivity index (χ4v) is 2.14. The summed E-state index contributed by atoms with van der Waals surface area (Å²) >= 11 is 3.46. The van der Waals surface area contributed by atoms with Crippen molar-refractivity contribution in [2.75, 3.05) is 6.54 Å². The van der Waals surface area contributed by atoms with Gasteiger partial charge in [-0.1, -0.05) is 35.0 Å². The first kappa shape index (κ1) is 12.3. The molecule has 1 aromatic carbocycles. The van der Waals surface area contributed by atoms with Crippen LogP contribution in [0.3, 0.4) is 0 Å². The smallest absolute Gasteiger partial charge is 0.0607 e. The highest BCUT2D eigenvalue weighted by Crippen LogP contribution is 2.23. The van der Waals surface area contributed by atoms with Crippen LogP contribution in [0.1, 0.15) is 24.1 Å². The third kappa shape index (κ3) is 2.96. The van der Waals surface area contributed by atoms with Gasteiger partial charge in [0.1, 0.15) is 0 Å². The summed E-state index contributed by atoms with van der Waals surface area (Å²) in [6.45, 7) is 3.04. The molecule has 1 aromatic heterocycles. The van der Waals surface area contributed by atoms with E-state index in [2.05, 4.69) is 63.7 Å². The number of nitrogens with one attached hydrogen (secondary N) is 1. The molecular formula is C13H16BrN3. The number of rotatable bonds is 4. The molecule has 0 bridgehead atoms. The van der Waals surface area contributed by atoms with E-state index in [1.165, 1.54) is 11.1 Å². The molecule has 3 nitrogen and oxygen atoms in total. The van der Waals surface area contributed by atoms with Gasteiger partial charge in [0, 0.05) is 23.3 Å². The molecule has 0 amide bonds. The van der Waals surface area contributed by atoms with Crippen LogP contribution >= 0.6 is 15.9 Å². The second-order valence-electron chi connectivity index (χ2n) is 3.99. The van der Waals surface area contributed by atoms with E-state index < -0.39 is 0 Å². The van der Waals surface area contributed by atoms with E-state index >= 15 is 0 Å². The lowest BCUT2D eigenvalue weighted by Gasteiger charge is -2.16. The molecule has 1 unspecified atom stereocenters. The lowest BCUT2D eigenvalue weighted by atomic mass is 10.0. The van der Waals surface area contributed by atoms with Crippen LogP contribution in [-0.2, 0) is 7.05 Å². The summed E-state index contributed by atoms with van der Waals surface area (Å²) in [5.41, 5.74) is 2.44. The molecule has 0 aliphatic heterocycles. The van der Waals surface area contributed by atoms with Crippen LogP contribution in [0.5, 0.6) is 0 Å². The molecule has 90 valence electrons. The Balaban J connectivity index is 2.31. The van der Waals surface area contributed by atoms with Gasteiger partial charge < -0.3 is 5.32 Å². The Morgan fingerprint density at radius 2 is 2.00 bits per heavy atom. The van der Waals surface area contributed by atoms with Crippen molar-refractivity contribution in [3.8, 4) is 0 Å². The molecule has 0 saturated carbocycles. The Bertz CT molecular complexity index is 476. The van der Waals surface area contributed by atoms with Crippen molar-refractivity contribution in [3.63, 3.8) is 0 Å². The van der Waals surface area contributed by atoms with Crippen LogP contribution in [0.15, 0.2) is 41.1 Å². The van der Waals surface area contributed by atoms with Gasteiger partial charge in [0.15, 0.2) is 0 Å². The molecule has 0 aliphatic rings. The lowest BCUT2D eigenvalue weighted by molar-refractivity contribution is 0.629. The Morgan fingerprint density at radius 1 is 1.29 bits per heavy atom. The summed E-state index contributed by atoms with van der Waals surface area (Å²) in [5.74, 6) is 0. The number of aromatic nitrogens is 2. The van der Waals surface area contributed by atoms with Crippen molar-refractivity contribution in [1.82, 2.24) is 15.1 Å². The molecular weight excluding hydrogens is 278 g/mol. The van der Waals surface area contributed by atoms with Crippen molar-refractivity contribution in [3.05, 3.63) is 52.3 Å². The van der Waals surface area contributed by atoms with Crippen molar-refractivity contribution in [2.24, 2.45) is 7.05 Å². The summed E-state index contributed by atoms with van der Waals surface area (Å²) in [4.78, 5) is 0. The van der Waals surface area contributed by atoms with Gasteiger partial charge in [-0.3, -0.25) is 4.68 Å². The van der Waals surface area contributed by atoms with Crippen molar-refractivity contribution < 1.29 is 0 Å². The van der Waals surface area contributed by atoms with E-state index in [4.69, 9.17) is 0 Å². The molecule has 1 heterocycles. The standard InChI is InChI=1S/C13H16BrN3/c1-3-15-13(11-8-16-17(2)9-11)10-4-6-12(14)7-5-10/h4-9,13,15H,3H2,1-2H3. The topological polar surface area (TPSA) is 29.9 Å². The quantitative estimate of drug-likeness (QED) is 0.939. The molecule has 4 heteroatoms. The monoisotopic (exact) mass is 293 g/mol. The average Bonchev–Trinajstić information content (AvgIpc) is 2.74. The maximum atomic E-state index is 4.23. The first-order valence-corrected chi connectivity index (χ1v) is 6.47. The molecule has 17 heavy (non-hydrogen) atoms. The minimum absolute atomic E-state index is 0.210. The minimum Gasteiger partial charge on any atom is -0.306 e. The van der Waals surface area contributed by atoms with E-state index in [1.54, 1.807) is 0 Å². The highest BCUT2D eigenvalue weighted by molar-refractivity contribution is 9.10. The van der Waals surface area contributed by atoms with Crippen LogP contribution in [0.25, 0.3) is 0 Å². The summed E-state index contributed by atoms with van der Waals surface area (Å²) in [5, 5.41) is 7.71. The fourth-order valence-electron chi connectivity index (χ4n) is 1.88. The van der Waals surface area contributed by atoms with Gasteiger partial charge in [-0.25, -0.2) is 0 Å². The van der Waals surface area contributed by atoms with E-state index in [9.17, 15) is 0 Å². The van der Waals surface area contributed by atoms with Crippen LogP contribution in [-0.4, -0.2) is 16.3 Å². The van der Waals surface area contributed by atoms with Crippen LogP contribution in [0.2, 0.25) is 0 Å². The van der Waals surface area contributed by atoms with E-state index in [-0.39, 0.29) is 6.04 Å². The summed E-state index contributed by atoms with van der Waals surface area (Å²) < 4.78 is 2.93. The Hall–Kier alpha value is -1.13. The normalized spacial score (nSPS) is 12.6. The minimum atomic E-state index is 0.210. The van der Waals surface area contributed by atoms with Gasteiger partial charge in [-0.15, -0.1) is 0 Å². The SMILES string of the molecule is CCNC(c1ccc(Br)cc1)c1cnn(C)c1. The lowest BCUT2D eigenvalue weighted by Crippen LogP contribution is -2.21. The average molecular weight is 294 g/mol. The second-order valence-corrected chi connectivity index (χ2v) is 4.91. The zero-order valence-corrected chi connectivity index (χ0v) is 11.6. The number of hydrogen-bond donors (Lipinski definition) is 1. The number of aryl methyl sites for hydroxylation is 1. The van der Waals surface area contributed by atoms with Crippen LogP contribution in [0.4, 0.5) is 0 Å². The Kier molecular flexibility index (Phi) is 3.97. The maximum Gasteiger partial charge on any atom is 0.0607 e. The van der Waals surface area contributed by atoms with E-state index in [0.717, 1.165) is 11.0 Å². The van der Waals surface area contributed by atoms with Crippen LogP contribution in [0, 0.1) is 0 Å². The molecule has 2 aromatic rings. The summed E-state index contributed by atoms with van der Waals surface area (Å²) in [6, 6.07) is 8.60. The van der Waals surface area contributed by atoms with E-state index in [0.29, 0.717) is 0 Å². The van der Waals surface area contributed by atoms with Crippen LogP contribution < -0.4 is 5.32 Å². The van der Waals surface area contributed by atoms with Gasteiger partial charge in [0.25, 0.3) is 0 Å². The first-order valence-electron chi connectivity index (χ1n) is 5.68. The van der Waals surface area contributed by atoms with E-state index in [1.807, 2.05) is 17.9 Å². The zero-order chi connectivity index (χ0) is 12.3. The molecule has 0 aliphatic carbocycles. The third-order valence-electron chi connectivity index (χ3n) is 2.67. The predicted molar refractivity (Wildman–Crippen MR) is 72.9 cm³/mol. The summed E-state index contributed by atoms with van der Waals surface area (Å²) in [7, 11) is 1.94. The largest absolute Gasteiger partial charge is 0.306 e. The second kappa shape index (κ2) is 5.47. The Labute approximate surface area is 110 Å². The maximum absolute atomic E-state index is 4.23. The van der Waals surface area contributed by atoms with Crippen molar-refractivity contribution >= 4 is 15.9 Å². The van der Waals surface area contributed by atoms with Gasteiger partial charge in [0.05, 0.1) is 12.2 Å². The molecule has 0 spiro atoms. The molecule has 1 N–H and O–H groups in total. The molecule has 1 atom stereocenters. The van der Waals surface area contributed by atoms with Crippen molar-refractivity contribution in [2.45, 2.75) is 13.0 Å². The van der Waals surface area contributed by atoms with Gasteiger partial charge in [-0.05, 0) is 24.2 Å². The highest BCUT2D eigenvalue weighted by Gasteiger charge is 2.14. The summed E-state index contributed by atoms with van der Waals surface area (Å²) in [6.07, 6.45) is 3.96. The first-order chi connectivity index (χ1) is 8.20. The number of nitrogens with zero attached hydrogens (tertiary/aromatic N) is 2. The highest BCUT2D eigenvalue weighted by atomic mass is 79.9. The molecule has 2 rings (SSSR count). The fraction of sp³-hybridized carbons (Fsp3) is 0.308. The van der Waals surface area contributed by atoms with Gasteiger partial charge in [0.2, 0.25) is 0 Å². The van der Waals surface area contributed by atoms with Gasteiger partial charge in [-0.2, -0.15) is 5.10 Å². The molecule has 0 fully saturated rings. The predicted octanol–water partition coefficient (Wildman–Crippen LogP) is 2.88. The zero-order valence-electron chi connectivity index (χ0n) is 10.0. The number of halogens is 1. The Morgan fingerprint density at radius 3 is 2.53 bits per heavy atom.